The molecule has 0 fully saturated rings. The van der Waals surface area contributed by atoms with Gasteiger partial charge in [0, 0.05) is 17.7 Å². The van der Waals surface area contributed by atoms with Crippen LogP contribution in [0.5, 0.6) is 5.75 Å². The van der Waals surface area contributed by atoms with Crippen molar-refractivity contribution in [2.45, 2.75) is 26.3 Å². The summed E-state index contributed by atoms with van der Waals surface area (Å²) in [7, 11) is 1.62. The number of para-hydroxylation sites is 2. The van der Waals surface area contributed by atoms with Crippen molar-refractivity contribution in [1.29, 1.82) is 0 Å². The number of methoxy groups -OCH3 is 1. The number of ketones is 1. The van der Waals surface area contributed by atoms with Gasteiger partial charge >= 0.3 is 0 Å². The summed E-state index contributed by atoms with van der Waals surface area (Å²) in [6.07, 6.45) is 2.57. The van der Waals surface area contributed by atoms with Crippen molar-refractivity contribution < 1.29 is 14.3 Å². The molecular formula is C29H28N2O3. The summed E-state index contributed by atoms with van der Waals surface area (Å²) >= 11 is 0. The quantitative estimate of drug-likeness (QED) is 0.529. The Hall–Kier alpha value is -3.86. The Morgan fingerprint density at radius 2 is 1.65 bits per heavy atom. The van der Waals surface area contributed by atoms with Crippen molar-refractivity contribution in [3.05, 3.63) is 102 Å². The molecule has 172 valence electrons. The average molecular weight is 453 g/mol. The number of fused-ring (bicyclic) bond motifs is 2. The third-order valence-corrected chi connectivity index (χ3v) is 6.59. The standard InChI is InChI=1S/C29H28N2O3/c1-29(2)17-23-26(25(32)18-29)27(19-13-15-21(34-3)16-14-19)31(24-12-8-7-11-22(24)30-23)28(33)20-9-5-4-6-10-20/h4-17,26-27,30H,18H2,1-3H3. The maximum Gasteiger partial charge on any atom is 0.258 e. The predicted molar refractivity (Wildman–Crippen MR) is 134 cm³/mol. The summed E-state index contributed by atoms with van der Waals surface area (Å²) in [6.45, 7) is 4.14. The summed E-state index contributed by atoms with van der Waals surface area (Å²) in [5, 5.41) is 3.53. The molecule has 0 saturated heterocycles. The molecule has 0 spiro atoms. The van der Waals surface area contributed by atoms with Crippen molar-refractivity contribution in [2.75, 3.05) is 17.3 Å². The van der Waals surface area contributed by atoms with E-state index < -0.39 is 12.0 Å². The second-order valence-corrected chi connectivity index (χ2v) is 9.61. The Balaban J connectivity index is 1.77. The highest BCUT2D eigenvalue weighted by molar-refractivity contribution is 6.09. The lowest BCUT2D eigenvalue weighted by Gasteiger charge is -2.39. The van der Waals surface area contributed by atoms with Gasteiger partial charge in [0.1, 0.15) is 11.5 Å². The summed E-state index contributed by atoms with van der Waals surface area (Å²) in [6, 6.07) is 24.2. The summed E-state index contributed by atoms with van der Waals surface area (Å²) in [5.41, 5.74) is 3.59. The Labute approximate surface area is 200 Å². The van der Waals surface area contributed by atoms with E-state index in [-0.39, 0.29) is 17.1 Å². The molecule has 34 heavy (non-hydrogen) atoms. The van der Waals surface area contributed by atoms with Crippen LogP contribution < -0.4 is 15.0 Å². The summed E-state index contributed by atoms with van der Waals surface area (Å²) < 4.78 is 5.36. The minimum Gasteiger partial charge on any atom is -0.497 e. The molecule has 0 radical (unpaired) electrons. The first kappa shape index (κ1) is 22.0. The fraction of sp³-hybridized carbons (Fsp3) is 0.241. The lowest BCUT2D eigenvalue weighted by Crippen LogP contribution is -2.43. The van der Waals surface area contributed by atoms with Crippen molar-refractivity contribution in [3.63, 3.8) is 0 Å². The molecule has 1 N–H and O–H groups in total. The third-order valence-electron chi connectivity index (χ3n) is 6.59. The highest BCUT2D eigenvalue weighted by Crippen LogP contribution is 2.49. The molecule has 1 aliphatic carbocycles. The summed E-state index contributed by atoms with van der Waals surface area (Å²) in [4.78, 5) is 29.6. The number of hydrogen-bond donors (Lipinski definition) is 1. The van der Waals surface area contributed by atoms with E-state index in [2.05, 4.69) is 25.2 Å². The Kier molecular flexibility index (Phi) is 5.48. The molecule has 3 aromatic carbocycles. The molecule has 2 aliphatic rings. The van der Waals surface area contributed by atoms with Crippen LogP contribution >= 0.6 is 0 Å². The maximum atomic E-state index is 14.1. The number of carbonyl (C=O) groups excluding carboxylic acids is 2. The second kappa shape index (κ2) is 8.49. The Morgan fingerprint density at radius 1 is 0.971 bits per heavy atom. The van der Waals surface area contributed by atoms with Crippen LogP contribution in [0, 0.1) is 11.3 Å². The third kappa shape index (κ3) is 3.87. The zero-order valence-electron chi connectivity index (χ0n) is 19.6. The van der Waals surface area contributed by atoms with Crippen LogP contribution in [-0.4, -0.2) is 18.8 Å². The van der Waals surface area contributed by atoms with Crippen molar-refractivity contribution >= 4 is 23.1 Å². The van der Waals surface area contributed by atoms with Crippen molar-refractivity contribution in [2.24, 2.45) is 11.3 Å². The monoisotopic (exact) mass is 452 g/mol. The van der Waals surface area contributed by atoms with Gasteiger partial charge in [-0.05, 0) is 47.4 Å². The van der Waals surface area contributed by atoms with Crippen LogP contribution in [0.15, 0.2) is 90.6 Å². The molecule has 5 heteroatoms. The van der Waals surface area contributed by atoms with Gasteiger partial charge in [-0.3, -0.25) is 14.5 Å². The van der Waals surface area contributed by atoms with E-state index in [0.717, 1.165) is 28.4 Å². The molecule has 5 nitrogen and oxygen atoms in total. The molecule has 2 unspecified atom stereocenters. The SMILES string of the molecule is COc1ccc(C2C3C(=O)CC(C)(C)C=C3Nc3ccccc3N2C(=O)c2ccccc2)cc1. The van der Waals surface area contributed by atoms with Gasteiger partial charge < -0.3 is 10.1 Å². The van der Waals surface area contributed by atoms with E-state index in [4.69, 9.17) is 4.74 Å². The number of nitrogens with zero attached hydrogens (tertiary/aromatic N) is 1. The minimum absolute atomic E-state index is 0.120. The van der Waals surface area contributed by atoms with E-state index in [1.807, 2.05) is 78.9 Å². The molecular weight excluding hydrogens is 424 g/mol. The van der Waals surface area contributed by atoms with E-state index in [1.54, 1.807) is 12.0 Å². The number of amides is 1. The predicted octanol–water partition coefficient (Wildman–Crippen LogP) is 6.01. The largest absolute Gasteiger partial charge is 0.497 e. The molecule has 3 aromatic rings. The lowest BCUT2D eigenvalue weighted by molar-refractivity contribution is -0.124. The molecule has 0 bridgehead atoms. The minimum atomic E-state index is -0.513. The summed E-state index contributed by atoms with van der Waals surface area (Å²) in [5.74, 6) is 0.189. The lowest BCUT2D eigenvalue weighted by atomic mass is 9.72. The Bertz CT molecular complexity index is 1260. The highest BCUT2D eigenvalue weighted by Gasteiger charge is 2.46. The van der Waals surface area contributed by atoms with Crippen LogP contribution in [0.2, 0.25) is 0 Å². The van der Waals surface area contributed by atoms with Gasteiger partial charge in [-0.2, -0.15) is 0 Å². The van der Waals surface area contributed by atoms with Crippen LogP contribution in [0.25, 0.3) is 0 Å². The number of ether oxygens (including phenoxy) is 1. The Morgan fingerprint density at radius 3 is 2.35 bits per heavy atom. The van der Waals surface area contributed by atoms with Gasteiger partial charge in [0.05, 0.1) is 30.4 Å². The number of hydrogen-bond acceptors (Lipinski definition) is 4. The maximum absolute atomic E-state index is 14.1. The zero-order chi connectivity index (χ0) is 23.9. The first-order chi connectivity index (χ1) is 16.4. The van der Waals surface area contributed by atoms with Gasteiger partial charge in [0.25, 0.3) is 5.91 Å². The molecule has 1 aliphatic heterocycles. The van der Waals surface area contributed by atoms with Gasteiger partial charge in [-0.25, -0.2) is 0 Å². The van der Waals surface area contributed by atoms with E-state index in [0.29, 0.717) is 12.0 Å². The van der Waals surface area contributed by atoms with Gasteiger partial charge in [-0.15, -0.1) is 0 Å². The molecule has 0 aromatic heterocycles. The number of rotatable bonds is 3. The van der Waals surface area contributed by atoms with Crippen molar-refractivity contribution in [1.82, 2.24) is 0 Å². The number of Topliss-reactive ketones (excluding diaryl/α,β-unsaturated/α-hetero) is 1. The number of nitrogens with one attached hydrogen (secondary N) is 1. The molecule has 1 amide bonds. The number of anilines is 2. The topological polar surface area (TPSA) is 58.6 Å². The smallest absolute Gasteiger partial charge is 0.258 e. The second-order valence-electron chi connectivity index (χ2n) is 9.61. The fourth-order valence-corrected chi connectivity index (χ4v) is 5.10. The van der Waals surface area contributed by atoms with Crippen molar-refractivity contribution in [3.8, 4) is 5.75 Å². The van der Waals surface area contributed by atoms with E-state index in [9.17, 15) is 9.59 Å². The molecule has 0 saturated carbocycles. The number of benzene rings is 3. The van der Waals surface area contributed by atoms with Crippen LogP contribution in [0.3, 0.4) is 0 Å². The van der Waals surface area contributed by atoms with Crippen LogP contribution in [0.4, 0.5) is 11.4 Å². The first-order valence-corrected chi connectivity index (χ1v) is 11.5. The molecule has 2 atom stereocenters. The fourth-order valence-electron chi connectivity index (χ4n) is 5.10. The van der Waals surface area contributed by atoms with E-state index >= 15 is 0 Å². The highest BCUT2D eigenvalue weighted by atomic mass is 16.5. The normalized spacial score (nSPS) is 20.9. The van der Waals surface area contributed by atoms with Crippen LogP contribution in [-0.2, 0) is 4.79 Å². The zero-order valence-corrected chi connectivity index (χ0v) is 19.6. The van der Waals surface area contributed by atoms with Gasteiger partial charge in [0.15, 0.2) is 0 Å². The van der Waals surface area contributed by atoms with E-state index in [1.165, 1.54) is 0 Å². The van der Waals surface area contributed by atoms with Gasteiger partial charge in [0.2, 0.25) is 0 Å². The van der Waals surface area contributed by atoms with Crippen LogP contribution in [0.1, 0.15) is 42.2 Å². The first-order valence-electron chi connectivity index (χ1n) is 11.5. The van der Waals surface area contributed by atoms with Gasteiger partial charge in [-0.1, -0.05) is 62.4 Å². The number of carbonyl (C=O) groups is 2. The molecule has 1 heterocycles. The average Bonchev–Trinajstić information content (AvgIpc) is 2.97. The molecule has 5 rings (SSSR count). The number of allylic oxidation sites excluding steroid dienone is 1.